The molecule has 1 N–H and O–H groups in total. The number of nitrogens with zero attached hydrogens (tertiary/aromatic N) is 1. The number of halogens is 1. The van der Waals surface area contributed by atoms with Gasteiger partial charge in [0, 0.05) is 10.7 Å². The quantitative estimate of drug-likeness (QED) is 0.865. The smallest absolute Gasteiger partial charge is 0.250 e. The summed E-state index contributed by atoms with van der Waals surface area (Å²) in [4.78, 5) is 25.9. The maximum absolute atomic E-state index is 12.6. The zero-order valence-electron chi connectivity index (χ0n) is 12.2. The van der Waals surface area contributed by atoms with Crippen molar-refractivity contribution in [2.75, 3.05) is 11.4 Å². The Labute approximate surface area is 124 Å². The average Bonchev–Trinajstić information content (AvgIpc) is 2.34. The molecule has 1 aromatic rings. The summed E-state index contributed by atoms with van der Waals surface area (Å²) in [7, 11) is 0. The molecule has 0 spiro atoms. The molecule has 0 radical (unpaired) electrons. The van der Waals surface area contributed by atoms with Crippen molar-refractivity contribution in [2.45, 2.75) is 33.7 Å². The van der Waals surface area contributed by atoms with E-state index in [0.29, 0.717) is 10.7 Å². The maximum Gasteiger partial charge on any atom is 0.250 e. The second-order valence-electron chi connectivity index (χ2n) is 6.22. The minimum Gasteiger partial charge on any atom is -0.342 e. The Morgan fingerprint density at radius 3 is 2.50 bits per heavy atom. The first-order valence-corrected chi connectivity index (χ1v) is 6.95. The normalized spacial score (nSPS) is 20.1. The van der Waals surface area contributed by atoms with Gasteiger partial charge in [0.05, 0.1) is 0 Å². The number of nitrogens with one attached hydrogen (secondary N) is 1. The lowest BCUT2D eigenvalue weighted by atomic mass is 9.84. The van der Waals surface area contributed by atoms with Crippen molar-refractivity contribution in [1.29, 1.82) is 0 Å². The Morgan fingerprint density at radius 1 is 1.30 bits per heavy atom. The number of carbonyl (C=O) groups is 2. The van der Waals surface area contributed by atoms with Crippen LogP contribution in [-0.4, -0.2) is 24.4 Å². The maximum atomic E-state index is 12.6. The monoisotopic (exact) mass is 294 g/mol. The third-order valence-corrected chi connectivity index (χ3v) is 3.86. The van der Waals surface area contributed by atoms with E-state index in [2.05, 4.69) is 5.32 Å². The molecule has 2 rings (SSSR count). The van der Waals surface area contributed by atoms with E-state index in [1.807, 2.05) is 39.8 Å². The fraction of sp³-hybridized carbons (Fsp3) is 0.467. The Hall–Kier alpha value is -1.55. The van der Waals surface area contributed by atoms with Gasteiger partial charge in [-0.2, -0.15) is 0 Å². The van der Waals surface area contributed by atoms with Crippen molar-refractivity contribution in [3.05, 3.63) is 28.8 Å². The molecule has 1 atom stereocenters. The number of aryl methyl sites for hydroxylation is 1. The predicted molar refractivity (Wildman–Crippen MR) is 79.9 cm³/mol. The van der Waals surface area contributed by atoms with Gasteiger partial charge in [-0.1, -0.05) is 38.4 Å². The molecule has 0 bridgehead atoms. The Bertz CT molecular complexity index is 563. The van der Waals surface area contributed by atoms with E-state index < -0.39 is 6.04 Å². The lowest BCUT2D eigenvalue weighted by molar-refractivity contribution is -0.133. The van der Waals surface area contributed by atoms with Crippen molar-refractivity contribution in [2.24, 2.45) is 5.41 Å². The molecule has 0 aliphatic carbocycles. The standard InChI is InChI=1S/C15H19ClN2O2/c1-9-5-6-10(7-11(9)16)18-8-12(19)17-13(14(18)20)15(2,3)4/h5-7,13H,8H2,1-4H3,(H,17,19). The summed E-state index contributed by atoms with van der Waals surface area (Å²) in [6.07, 6.45) is 0. The van der Waals surface area contributed by atoms with E-state index in [1.54, 1.807) is 6.07 Å². The van der Waals surface area contributed by atoms with Gasteiger partial charge in [-0.05, 0) is 30.0 Å². The van der Waals surface area contributed by atoms with E-state index in [0.717, 1.165) is 5.56 Å². The molecule has 1 aliphatic heterocycles. The molecule has 5 heteroatoms. The van der Waals surface area contributed by atoms with Crippen molar-refractivity contribution >= 4 is 29.1 Å². The van der Waals surface area contributed by atoms with Gasteiger partial charge < -0.3 is 10.2 Å². The van der Waals surface area contributed by atoms with E-state index in [9.17, 15) is 9.59 Å². The van der Waals surface area contributed by atoms with Crippen molar-refractivity contribution in [3.8, 4) is 0 Å². The number of amides is 2. The highest BCUT2D eigenvalue weighted by molar-refractivity contribution is 6.31. The lowest BCUT2D eigenvalue weighted by Crippen LogP contribution is -2.62. The van der Waals surface area contributed by atoms with Crippen molar-refractivity contribution < 1.29 is 9.59 Å². The van der Waals surface area contributed by atoms with Gasteiger partial charge in [0.2, 0.25) is 5.91 Å². The number of rotatable bonds is 1. The largest absolute Gasteiger partial charge is 0.342 e. The Kier molecular flexibility index (Phi) is 3.78. The minimum absolute atomic E-state index is 0.0325. The zero-order valence-corrected chi connectivity index (χ0v) is 12.9. The van der Waals surface area contributed by atoms with Crippen LogP contribution in [0.4, 0.5) is 5.69 Å². The molecule has 0 aromatic heterocycles. The van der Waals surface area contributed by atoms with E-state index >= 15 is 0 Å². The molecule has 1 saturated heterocycles. The highest BCUT2D eigenvalue weighted by atomic mass is 35.5. The minimum atomic E-state index is -0.524. The molecule has 0 saturated carbocycles. The molecule has 1 heterocycles. The molecule has 1 fully saturated rings. The summed E-state index contributed by atoms with van der Waals surface area (Å²) < 4.78 is 0. The van der Waals surface area contributed by atoms with Crippen LogP contribution in [0.3, 0.4) is 0 Å². The van der Waals surface area contributed by atoms with Crippen LogP contribution in [0.25, 0.3) is 0 Å². The number of anilines is 1. The molecule has 1 aliphatic rings. The van der Waals surface area contributed by atoms with Crippen LogP contribution in [-0.2, 0) is 9.59 Å². The third kappa shape index (κ3) is 2.80. The number of hydrogen-bond acceptors (Lipinski definition) is 2. The first-order valence-electron chi connectivity index (χ1n) is 6.57. The zero-order chi connectivity index (χ0) is 15.1. The van der Waals surface area contributed by atoms with Crippen LogP contribution in [0.1, 0.15) is 26.3 Å². The van der Waals surface area contributed by atoms with Gasteiger partial charge in [-0.15, -0.1) is 0 Å². The summed E-state index contributed by atoms with van der Waals surface area (Å²) in [5.41, 5.74) is 1.27. The highest BCUT2D eigenvalue weighted by Crippen LogP contribution is 2.28. The second-order valence-corrected chi connectivity index (χ2v) is 6.63. The van der Waals surface area contributed by atoms with E-state index in [4.69, 9.17) is 11.6 Å². The van der Waals surface area contributed by atoms with Crippen molar-refractivity contribution in [3.63, 3.8) is 0 Å². The SMILES string of the molecule is Cc1ccc(N2CC(=O)NC(C(C)(C)C)C2=O)cc1Cl. The number of benzene rings is 1. The number of hydrogen-bond donors (Lipinski definition) is 1. The van der Waals surface area contributed by atoms with Gasteiger partial charge in [-0.3, -0.25) is 9.59 Å². The van der Waals surface area contributed by atoms with Gasteiger partial charge in [-0.25, -0.2) is 0 Å². The fourth-order valence-corrected chi connectivity index (χ4v) is 2.38. The summed E-state index contributed by atoms with van der Waals surface area (Å²) in [6.45, 7) is 7.73. The van der Waals surface area contributed by atoms with E-state index in [1.165, 1.54) is 4.90 Å². The van der Waals surface area contributed by atoms with Gasteiger partial charge in [0.25, 0.3) is 5.91 Å². The molecule has 1 aromatic carbocycles. The first-order chi connectivity index (χ1) is 9.20. The van der Waals surface area contributed by atoms with Crippen LogP contribution < -0.4 is 10.2 Å². The predicted octanol–water partition coefficient (Wildman–Crippen LogP) is 2.53. The molecule has 108 valence electrons. The van der Waals surface area contributed by atoms with Gasteiger partial charge >= 0.3 is 0 Å². The average molecular weight is 295 g/mol. The van der Waals surface area contributed by atoms with Gasteiger partial charge in [0.1, 0.15) is 12.6 Å². The Morgan fingerprint density at radius 2 is 1.95 bits per heavy atom. The molecule has 4 nitrogen and oxygen atoms in total. The molecular weight excluding hydrogens is 276 g/mol. The lowest BCUT2D eigenvalue weighted by Gasteiger charge is -2.38. The van der Waals surface area contributed by atoms with Gasteiger partial charge in [0.15, 0.2) is 0 Å². The molecule has 2 amide bonds. The number of piperazine rings is 1. The van der Waals surface area contributed by atoms with E-state index in [-0.39, 0.29) is 23.8 Å². The fourth-order valence-electron chi connectivity index (χ4n) is 2.20. The third-order valence-electron chi connectivity index (χ3n) is 3.45. The Balaban J connectivity index is 2.37. The summed E-state index contributed by atoms with van der Waals surface area (Å²) in [5.74, 6) is -0.252. The van der Waals surface area contributed by atoms with Crippen LogP contribution in [0, 0.1) is 12.3 Å². The first kappa shape index (κ1) is 14.9. The van der Waals surface area contributed by atoms with Crippen LogP contribution in [0.15, 0.2) is 18.2 Å². The van der Waals surface area contributed by atoms with Crippen molar-refractivity contribution in [1.82, 2.24) is 5.32 Å². The second kappa shape index (κ2) is 5.09. The number of carbonyl (C=O) groups excluding carboxylic acids is 2. The summed E-state index contributed by atoms with van der Waals surface area (Å²) in [5, 5.41) is 3.36. The molecule has 1 unspecified atom stereocenters. The molecule has 20 heavy (non-hydrogen) atoms. The summed E-state index contributed by atoms with van der Waals surface area (Å²) in [6, 6.07) is 4.87. The molecular formula is C15H19ClN2O2. The van der Waals surface area contributed by atoms with Crippen LogP contribution >= 0.6 is 11.6 Å². The highest BCUT2D eigenvalue weighted by Gasteiger charge is 2.40. The van der Waals surface area contributed by atoms with Crippen LogP contribution in [0.5, 0.6) is 0 Å². The van der Waals surface area contributed by atoms with Crippen LogP contribution in [0.2, 0.25) is 5.02 Å². The topological polar surface area (TPSA) is 49.4 Å². The summed E-state index contributed by atoms with van der Waals surface area (Å²) >= 11 is 6.10.